The third kappa shape index (κ3) is 2.82. The number of carbonyl (C=O) groups is 1. The summed E-state index contributed by atoms with van der Waals surface area (Å²) in [5, 5.41) is 16.4. The van der Waals surface area contributed by atoms with Crippen molar-refractivity contribution in [3.05, 3.63) is 33.9 Å². The Kier molecular flexibility index (Phi) is 3.96. The Morgan fingerprint density at radius 1 is 1.53 bits per heavy atom. The van der Waals surface area contributed by atoms with E-state index in [-0.39, 0.29) is 28.9 Å². The van der Waals surface area contributed by atoms with Crippen LogP contribution in [0.3, 0.4) is 0 Å². The van der Waals surface area contributed by atoms with Gasteiger partial charge in [0, 0.05) is 19.7 Å². The molecule has 1 fully saturated rings. The molecule has 2 rings (SSSR count). The van der Waals surface area contributed by atoms with E-state index in [9.17, 15) is 14.9 Å². The molecule has 2 N–H and O–H groups in total. The molecule has 1 atom stereocenters. The molecule has 0 bridgehead atoms. The SMILES string of the molecule is CNc1c(C(=O)NC2CCOC2)cccc1[N+](=O)[O-]. The van der Waals surface area contributed by atoms with Crippen LogP contribution >= 0.6 is 0 Å². The van der Waals surface area contributed by atoms with Gasteiger partial charge in [0.15, 0.2) is 0 Å². The van der Waals surface area contributed by atoms with Crippen LogP contribution in [-0.2, 0) is 4.74 Å². The van der Waals surface area contributed by atoms with Gasteiger partial charge in [0.25, 0.3) is 11.6 Å². The monoisotopic (exact) mass is 265 g/mol. The fourth-order valence-corrected chi connectivity index (χ4v) is 2.06. The first-order chi connectivity index (χ1) is 9.13. The molecule has 0 aromatic heterocycles. The summed E-state index contributed by atoms with van der Waals surface area (Å²) in [6.07, 6.45) is 0.759. The van der Waals surface area contributed by atoms with Gasteiger partial charge in [0.2, 0.25) is 0 Å². The molecule has 1 aromatic rings. The largest absolute Gasteiger partial charge is 0.382 e. The molecule has 7 nitrogen and oxygen atoms in total. The molecule has 19 heavy (non-hydrogen) atoms. The number of amides is 1. The van der Waals surface area contributed by atoms with E-state index in [1.807, 2.05) is 0 Å². The number of nitrogens with zero attached hydrogens (tertiary/aromatic N) is 1. The number of para-hydroxylation sites is 1. The van der Waals surface area contributed by atoms with Crippen LogP contribution in [0.2, 0.25) is 0 Å². The number of ether oxygens (including phenoxy) is 1. The van der Waals surface area contributed by atoms with E-state index in [0.717, 1.165) is 6.42 Å². The molecule has 1 unspecified atom stereocenters. The number of anilines is 1. The van der Waals surface area contributed by atoms with E-state index in [1.54, 1.807) is 13.1 Å². The molecule has 0 saturated carbocycles. The van der Waals surface area contributed by atoms with E-state index < -0.39 is 4.92 Å². The van der Waals surface area contributed by atoms with Gasteiger partial charge in [-0.2, -0.15) is 0 Å². The van der Waals surface area contributed by atoms with Crippen molar-refractivity contribution in [3.8, 4) is 0 Å². The maximum absolute atomic E-state index is 12.1. The van der Waals surface area contributed by atoms with Gasteiger partial charge in [0.05, 0.1) is 23.1 Å². The van der Waals surface area contributed by atoms with Crippen molar-refractivity contribution in [1.82, 2.24) is 5.32 Å². The predicted octanol–water partition coefficient (Wildman–Crippen LogP) is 1.16. The van der Waals surface area contributed by atoms with Gasteiger partial charge in [-0.3, -0.25) is 14.9 Å². The lowest BCUT2D eigenvalue weighted by Crippen LogP contribution is -2.35. The summed E-state index contributed by atoms with van der Waals surface area (Å²) in [4.78, 5) is 22.5. The third-order valence-corrected chi connectivity index (χ3v) is 3.00. The minimum Gasteiger partial charge on any atom is -0.382 e. The van der Waals surface area contributed by atoms with Crippen LogP contribution in [-0.4, -0.2) is 37.1 Å². The highest BCUT2D eigenvalue weighted by Gasteiger charge is 2.23. The van der Waals surface area contributed by atoms with Gasteiger partial charge in [0.1, 0.15) is 5.69 Å². The average molecular weight is 265 g/mol. The minimum absolute atomic E-state index is 0.0310. The number of rotatable bonds is 4. The highest BCUT2D eigenvalue weighted by atomic mass is 16.6. The molecule has 1 aliphatic rings. The summed E-state index contributed by atoms with van der Waals surface area (Å²) in [6, 6.07) is 4.39. The van der Waals surface area contributed by atoms with Crippen molar-refractivity contribution < 1.29 is 14.5 Å². The first-order valence-electron chi connectivity index (χ1n) is 5.97. The van der Waals surface area contributed by atoms with E-state index in [1.165, 1.54) is 12.1 Å². The van der Waals surface area contributed by atoms with Crippen molar-refractivity contribution in [2.75, 3.05) is 25.6 Å². The summed E-state index contributed by atoms with van der Waals surface area (Å²) in [5.74, 6) is -0.330. The Labute approximate surface area is 110 Å². The Balaban J connectivity index is 2.25. The molecule has 0 aliphatic carbocycles. The fraction of sp³-hybridized carbons (Fsp3) is 0.417. The molecular formula is C12H15N3O4. The Hall–Kier alpha value is -2.15. The van der Waals surface area contributed by atoms with Crippen LogP contribution in [0, 0.1) is 10.1 Å². The second kappa shape index (κ2) is 5.66. The Morgan fingerprint density at radius 3 is 2.89 bits per heavy atom. The zero-order valence-electron chi connectivity index (χ0n) is 10.5. The van der Waals surface area contributed by atoms with Crippen LogP contribution in [0.15, 0.2) is 18.2 Å². The number of hydrogen-bond donors (Lipinski definition) is 2. The molecule has 102 valence electrons. The van der Waals surface area contributed by atoms with E-state index in [0.29, 0.717) is 13.2 Å². The van der Waals surface area contributed by atoms with E-state index in [4.69, 9.17) is 4.74 Å². The lowest BCUT2D eigenvalue weighted by Gasteiger charge is -2.13. The number of benzene rings is 1. The lowest BCUT2D eigenvalue weighted by molar-refractivity contribution is -0.384. The molecule has 0 spiro atoms. The first kappa shape index (κ1) is 13.3. The molecule has 0 radical (unpaired) electrons. The first-order valence-corrected chi connectivity index (χ1v) is 5.97. The van der Waals surface area contributed by atoms with Gasteiger partial charge in [-0.15, -0.1) is 0 Å². The molecular weight excluding hydrogens is 250 g/mol. The second-order valence-corrected chi connectivity index (χ2v) is 4.24. The second-order valence-electron chi connectivity index (χ2n) is 4.24. The standard InChI is InChI=1S/C12H15N3O4/c1-13-11-9(3-2-4-10(11)15(17)18)12(16)14-8-5-6-19-7-8/h2-4,8,13H,5-7H2,1H3,(H,14,16). The number of nitro benzene ring substituents is 1. The van der Waals surface area contributed by atoms with Gasteiger partial charge >= 0.3 is 0 Å². The van der Waals surface area contributed by atoms with E-state index in [2.05, 4.69) is 10.6 Å². The number of carbonyl (C=O) groups excluding carboxylic acids is 1. The minimum atomic E-state index is -0.513. The summed E-state index contributed by atoms with van der Waals surface area (Å²) >= 11 is 0. The van der Waals surface area contributed by atoms with Crippen molar-refractivity contribution in [3.63, 3.8) is 0 Å². The van der Waals surface area contributed by atoms with Crippen molar-refractivity contribution in [2.24, 2.45) is 0 Å². The zero-order chi connectivity index (χ0) is 13.8. The van der Waals surface area contributed by atoms with Crippen LogP contribution < -0.4 is 10.6 Å². The number of hydrogen-bond acceptors (Lipinski definition) is 5. The van der Waals surface area contributed by atoms with Crippen LogP contribution in [0.25, 0.3) is 0 Å². The topological polar surface area (TPSA) is 93.5 Å². The van der Waals surface area contributed by atoms with Gasteiger partial charge in [-0.1, -0.05) is 6.07 Å². The van der Waals surface area contributed by atoms with E-state index >= 15 is 0 Å². The van der Waals surface area contributed by atoms with Crippen molar-refractivity contribution in [1.29, 1.82) is 0 Å². The normalized spacial score (nSPS) is 18.1. The Morgan fingerprint density at radius 2 is 2.32 bits per heavy atom. The third-order valence-electron chi connectivity index (χ3n) is 3.00. The smallest absolute Gasteiger partial charge is 0.293 e. The molecule has 1 aliphatic heterocycles. The molecule has 1 heterocycles. The van der Waals surface area contributed by atoms with Crippen LogP contribution in [0.5, 0.6) is 0 Å². The number of nitro groups is 1. The lowest BCUT2D eigenvalue weighted by atomic mass is 10.1. The average Bonchev–Trinajstić information content (AvgIpc) is 2.90. The molecule has 1 amide bonds. The van der Waals surface area contributed by atoms with Gasteiger partial charge in [-0.05, 0) is 12.5 Å². The van der Waals surface area contributed by atoms with Crippen LogP contribution in [0.4, 0.5) is 11.4 Å². The molecule has 1 saturated heterocycles. The fourth-order valence-electron chi connectivity index (χ4n) is 2.06. The zero-order valence-corrected chi connectivity index (χ0v) is 10.5. The van der Waals surface area contributed by atoms with Crippen molar-refractivity contribution in [2.45, 2.75) is 12.5 Å². The summed E-state index contributed by atoms with van der Waals surface area (Å²) < 4.78 is 5.17. The summed E-state index contributed by atoms with van der Waals surface area (Å²) in [5.41, 5.74) is 0.380. The molecule has 7 heteroatoms. The Bertz CT molecular complexity index is 498. The van der Waals surface area contributed by atoms with Gasteiger partial charge < -0.3 is 15.4 Å². The maximum atomic E-state index is 12.1. The highest BCUT2D eigenvalue weighted by Crippen LogP contribution is 2.27. The number of nitrogens with one attached hydrogen (secondary N) is 2. The predicted molar refractivity (Wildman–Crippen MR) is 69.3 cm³/mol. The quantitative estimate of drug-likeness (QED) is 0.629. The summed E-state index contributed by atoms with van der Waals surface area (Å²) in [6.45, 7) is 1.11. The summed E-state index contributed by atoms with van der Waals surface area (Å²) in [7, 11) is 1.55. The van der Waals surface area contributed by atoms with Gasteiger partial charge in [-0.25, -0.2) is 0 Å². The van der Waals surface area contributed by atoms with Crippen LogP contribution in [0.1, 0.15) is 16.8 Å². The maximum Gasteiger partial charge on any atom is 0.293 e. The van der Waals surface area contributed by atoms with Crippen molar-refractivity contribution >= 4 is 17.3 Å². The highest BCUT2D eigenvalue weighted by molar-refractivity contribution is 6.01. The molecule has 1 aromatic carbocycles.